The van der Waals surface area contributed by atoms with Crippen molar-refractivity contribution in [2.24, 2.45) is 11.8 Å². The van der Waals surface area contributed by atoms with E-state index in [0.717, 1.165) is 59.0 Å². The number of hydrogen-bond donors (Lipinski definition) is 3. The summed E-state index contributed by atoms with van der Waals surface area (Å²) in [6.07, 6.45) is 4.30. The first-order valence-electron chi connectivity index (χ1n) is 10.5. The van der Waals surface area contributed by atoms with Crippen LogP contribution < -0.4 is 16.0 Å². The number of aromatic nitrogens is 1. The Morgan fingerprint density at radius 1 is 1.21 bits per heavy atom. The number of rotatable bonds is 6. The van der Waals surface area contributed by atoms with Crippen LogP contribution in [0.25, 0.3) is 20.8 Å². The molecule has 0 spiro atoms. The largest absolute Gasteiger partial charge is 0.317 e. The van der Waals surface area contributed by atoms with Gasteiger partial charge in [0.15, 0.2) is 0 Å². The minimum atomic E-state index is 0.0967. The first-order chi connectivity index (χ1) is 14.3. The first kappa shape index (κ1) is 18.0. The highest BCUT2D eigenvalue weighted by Crippen LogP contribution is 2.53. The number of anilines is 1. The lowest BCUT2D eigenvalue weighted by Gasteiger charge is -2.58. The molecule has 0 radical (unpaired) electrons. The van der Waals surface area contributed by atoms with E-state index in [-0.39, 0.29) is 5.91 Å². The molecule has 2 bridgehead atoms. The number of nitrogens with one attached hydrogen (secondary N) is 3. The van der Waals surface area contributed by atoms with Crippen LogP contribution in [0.5, 0.6) is 0 Å². The Kier molecular flexibility index (Phi) is 4.45. The van der Waals surface area contributed by atoms with Crippen molar-refractivity contribution >= 4 is 43.8 Å². The number of carbonyl (C=O) groups is 1. The maximum Gasteiger partial charge on any atom is 0.226 e. The van der Waals surface area contributed by atoms with E-state index < -0.39 is 0 Å². The van der Waals surface area contributed by atoms with Crippen LogP contribution in [-0.4, -0.2) is 30.0 Å². The molecule has 3 fully saturated rings. The molecule has 0 saturated heterocycles. The van der Waals surface area contributed by atoms with Crippen LogP contribution in [0, 0.1) is 11.8 Å². The summed E-state index contributed by atoms with van der Waals surface area (Å²) in [7, 11) is 0. The molecule has 2 aromatic heterocycles. The lowest BCUT2D eigenvalue weighted by molar-refractivity contribution is -0.116. The van der Waals surface area contributed by atoms with E-state index in [1.54, 1.807) is 22.7 Å². The fraction of sp³-hybridized carbons (Fsp3) is 0.455. The minimum absolute atomic E-state index is 0.0967. The number of thiazole rings is 1. The highest BCUT2D eigenvalue weighted by atomic mass is 32.1. The van der Waals surface area contributed by atoms with Gasteiger partial charge in [0.2, 0.25) is 5.91 Å². The molecule has 4 aliphatic rings. The van der Waals surface area contributed by atoms with Gasteiger partial charge in [0, 0.05) is 36.0 Å². The summed E-state index contributed by atoms with van der Waals surface area (Å²) in [6.45, 7) is 2.62. The van der Waals surface area contributed by atoms with E-state index in [2.05, 4.69) is 34.1 Å². The second-order valence-corrected chi connectivity index (χ2v) is 10.5. The molecule has 3 aliphatic carbocycles. The Balaban J connectivity index is 1.24. The van der Waals surface area contributed by atoms with Crippen molar-refractivity contribution in [3.63, 3.8) is 0 Å². The van der Waals surface area contributed by atoms with Crippen molar-refractivity contribution in [3.05, 3.63) is 34.7 Å². The van der Waals surface area contributed by atoms with Crippen molar-refractivity contribution in [2.75, 3.05) is 18.4 Å². The molecule has 0 atom stereocenters. The molecule has 3 aromatic rings. The van der Waals surface area contributed by atoms with Crippen LogP contribution in [0.4, 0.5) is 5.00 Å². The normalized spacial score (nSPS) is 24.6. The van der Waals surface area contributed by atoms with Crippen LogP contribution >= 0.6 is 22.7 Å². The molecular formula is C22H24N4OS2. The Bertz CT molecular complexity index is 1040. The van der Waals surface area contributed by atoms with Crippen LogP contribution in [0.15, 0.2) is 24.3 Å². The maximum absolute atomic E-state index is 12.7. The van der Waals surface area contributed by atoms with Crippen LogP contribution in [0.1, 0.15) is 29.7 Å². The predicted molar refractivity (Wildman–Crippen MR) is 120 cm³/mol. The average Bonchev–Trinajstić information content (AvgIpc) is 3.23. The van der Waals surface area contributed by atoms with E-state index in [4.69, 9.17) is 4.98 Å². The van der Waals surface area contributed by atoms with Crippen LogP contribution in [-0.2, 0) is 17.8 Å². The monoisotopic (exact) mass is 424 g/mol. The lowest BCUT2D eigenvalue weighted by Crippen LogP contribution is -2.62. The molecule has 7 heteroatoms. The van der Waals surface area contributed by atoms with Gasteiger partial charge in [0.25, 0.3) is 0 Å². The summed E-state index contributed by atoms with van der Waals surface area (Å²) in [5.74, 6) is 1.86. The van der Waals surface area contributed by atoms with Crippen LogP contribution in [0.2, 0.25) is 0 Å². The summed E-state index contributed by atoms with van der Waals surface area (Å²) in [5, 5.41) is 12.2. The second-order valence-electron chi connectivity index (χ2n) is 8.39. The lowest BCUT2D eigenvalue weighted by atomic mass is 9.52. The van der Waals surface area contributed by atoms with Gasteiger partial charge in [-0.05, 0) is 55.3 Å². The van der Waals surface area contributed by atoms with Crippen molar-refractivity contribution in [1.29, 1.82) is 0 Å². The smallest absolute Gasteiger partial charge is 0.226 e. The standard InChI is InChI=1S/C22H24N4OS2/c27-18(6-8-24-20-12-9-13(20)10-12)26-22-19(14-5-7-23-11-17(14)29-22)21-25-15-3-1-2-4-16(15)28-21/h1-4,12-13,20,23-24H,5-11H2,(H,26,27). The number of fused-ring (bicyclic) bond motifs is 2. The number of amides is 1. The van der Waals surface area contributed by atoms with E-state index in [1.807, 2.05) is 6.07 Å². The molecule has 3 heterocycles. The number of nitrogens with zero attached hydrogens (tertiary/aromatic N) is 1. The molecule has 29 heavy (non-hydrogen) atoms. The van der Waals surface area contributed by atoms with E-state index in [1.165, 1.54) is 28.0 Å². The molecule has 5 nitrogen and oxygen atoms in total. The summed E-state index contributed by atoms with van der Waals surface area (Å²) in [5.41, 5.74) is 3.53. The number of benzene rings is 1. The van der Waals surface area contributed by atoms with Gasteiger partial charge in [-0.25, -0.2) is 4.98 Å². The van der Waals surface area contributed by atoms with Crippen molar-refractivity contribution in [3.8, 4) is 10.6 Å². The fourth-order valence-electron chi connectivity index (χ4n) is 4.79. The molecule has 1 aromatic carbocycles. The minimum Gasteiger partial charge on any atom is -0.317 e. The third-order valence-electron chi connectivity index (χ3n) is 6.65. The summed E-state index contributed by atoms with van der Waals surface area (Å²) < 4.78 is 1.19. The number of hydrogen-bond acceptors (Lipinski definition) is 6. The molecule has 3 N–H and O–H groups in total. The van der Waals surface area contributed by atoms with Crippen molar-refractivity contribution < 1.29 is 4.79 Å². The number of carbonyl (C=O) groups excluding carboxylic acids is 1. The molecule has 7 rings (SSSR count). The van der Waals surface area contributed by atoms with Gasteiger partial charge in [0.1, 0.15) is 10.0 Å². The van der Waals surface area contributed by atoms with E-state index in [9.17, 15) is 4.79 Å². The second kappa shape index (κ2) is 7.16. The Labute approximate surface area is 177 Å². The zero-order chi connectivity index (χ0) is 19.4. The van der Waals surface area contributed by atoms with E-state index in [0.29, 0.717) is 12.5 Å². The van der Waals surface area contributed by atoms with Gasteiger partial charge < -0.3 is 16.0 Å². The van der Waals surface area contributed by atoms with Crippen LogP contribution in [0.3, 0.4) is 0 Å². The highest BCUT2D eigenvalue weighted by molar-refractivity contribution is 7.22. The topological polar surface area (TPSA) is 66.0 Å². The molecule has 1 amide bonds. The Hall–Kier alpha value is -1.80. The average molecular weight is 425 g/mol. The molecule has 1 aliphatic heterocycles. The van der Waals surface area contributed by atoms with Gasteiger partial charge in [-0.1, -0.05) is 12.1 Å². The fourth-order valence-corrected chi connectivity index (χ4v) is 7.14. The van der Waals surface area contributed by atoms with Gasteiger partial charge in [-0.3, -0.25) is 4.79 Å². The molecule has 3 saturated carbocycles. The highest BCUT2D eigenvalue weighted by Gasteiger charge is 2.51. The van der Waals surface area contributed by atoms with Gasteiger partial charge in [-0.2, -0.15) is 0 Å². The van der Waals surface area contributed by atoms with Gasteiger partial charge >= 0.3 is 0 Å². The van der Waals surface area contributed by atoms with Crippen molar-refractivity contribution in [2.45, 2.75) is 38.3 Å². The first-order valence-corrected chi connectivity index (χ1v) is 12.1. The zero-order valence-corrected chi connectivity index (χ0v) is 17.8. The Morgan fingerprint density at radius 3 is 2.86 bits per heavy atom. The van der Waals surface area contributed by atoms with Gasteiger partial charge in [-0.15, -0.1) is 22.7 Å². The molecule has 0 unspecified atom stereocenters. The van der Waals surface area contributed by atoms with E-state index >= 15 is 0 Å². The van der Waals surface area contributed by atoms with Crippen molar-refractivity contribution in [1.82, 2.24) is 15.6 Å². The third-order valence-corrected chi connectivity index (χ3v) is 8.85. The maximum atomic E-state index is 12.7. The molecule has 150 valence electrons. The van der Waals surface area contributed by atoms with Gasteiger partial charge in [0.05, 0.1) is 10.2 Å². The number of thiophene rings is 1. The number of para-hydroxylation sites is 1. The third kappa shape index (κ3) is 3.11. The quantitative estimate of drug-likeness (QED) is 0.560. The summed E-state index contributed by atoms with van der Waals surface area (Å²) >= 11 is 3.43. The SMILES string of the molecule is O=C(CCNC1C2CC1C2)Nc1sc2c(c1-c1nc3ccccc3s1)CCNC2. The molecular weight excluding hydrogens is 400 g/mol. The predicted octanol–water partition coefficient (Wildman–Crippen LogP) is 4.00. The summed E-state index contributed by atoms with van der Waals surface area (Å²) in [6, 6.07) is 8.94. The Morgan fingerprint density at radius 2 is 2.07 bits per heavy atom. The zero-order valence-electron chi connectivity index (χ0n) is 16.2. The summed E-state index contributed by atoms with van der Waals surface area (Å²) in [4.78, 5) is 18.9.